The van der Waals surface area contributed by atoms with E-state index in [1.165, 1.54) is 0 Å². The van der Waals surface area contributed by atoms with Crippen LogP contribution in [0, 0.1) is 11.6 Å². The van der Waals surface area contributed by atoms with Gasteiger partial charge in [-0.1, -0.05) is 47.1 Å². The molecule has 1 N–H and O–H groups in total. The van der Waals surface area contributed by atoms with Gasteiger partial charge < -0.3 is 5.32 Å². The Hall–Kier alpha value is -1.26. The lowest BCUT2D eigenvalue weighted by atomic mass is 9.98. The van der Waals surface area contributed by atoms with Crippen molar-refractivity contribution >= 4 is 15.9 Å². The minimum Gasteiger partial charge on any atom is -0.310 e. The lowest BCUT2D eigenvalue weighted by molar-refractivity contribution is 0.459. The standard InChI is InChI=1S/C17H18BrF2N/c1-2-10-21-16(11-12-6-8-13(18)9-7-12)14-4-3-5-15(19)17(14)20/h3-9,16,21H,2,10-11H2,1H3. The predicted octanol–water partition coefficient (Wildman–Crippen LogP) is 5.01. The maximum absolute atomic E-state index is 14.0. The van der Waals surface area contributed by atoms with Gasteiger partial charge in [-0.2, -0.15) is 0 Å². The molecule has 0 amide bonds. The molecule has 0 saturated heterocycles. The smallest absolute Gasteiger partial charge is 0.163 e. The van der Waals surface area contributed by atoms with Crippen LogP contribution in [-0.4, -0.2) is 6.54 Å². The third-order valence-corrected chi connectivity index (χ3v) is 3.88. The molecular formula is C17H18BrF2N. The van der Waals surface area contributed by atoms with Gasteiger partial charge in [0.05, 0.1) is 0 Å². The molecule has 1 nitrogen and oxygen atoms in total. The van der Waals surface area contributed by atoms with Crippen LogP contribution in [0.15, 0.2) is 46.9 Å². The summed E-state index contributed by atoms with van der Waals surface area (Å²) in [5.74, 6) is -1.56. The molecule has 0 saturated carbocycles. The van der Waals surface area contributed by atoms with Crippen LogP contribution in [0.2, 0.25) is 0 Å². The summed E-state index contributed by atoms with van der Waals surface area (Å²) in [5.41, 5.74) is 1.46. The molecule has 2 aromatic carbocycles. The fourth-order valence-corrected chi connectivity index (χ4v) is 2.52. The normalized spacial score (nSPS) is 12.4. The molecule has 2 rings (SSSR count). The molecule has 0 aliphatic rings. The van der Waals surface area contributed by atoms with Crippen molar-refractivity contribution in [3.63, 3.8) is 0 Å². The van der Waals surface area contributed by atoms with Gasteiger partial charge in [0, 0.05) is 16.1 Å². The van der Waals surface area contributed by atoms with Crippen molar-refractivity contribution in [3.05, 3.63) is 69.7 Å². The summed E-state index contributed by atoms with van der Waals surface area (Å²) < 4.78 is 28.5. The highest BCUT2D eigenvalue weighted by Gasteiger charge is 2.18. The van der Waals surface area contributed by atoms with E-state index in [2.05, 4.69) is 21.2 Å². The second-order valence-corrected chi connectivity index (χ2v) is 5.90. The third-order valence-electron chi connectivity index (χ3n) is 3.35. The molecule has 112 valence electrons. The van der Waals surface area contributed by atoms with Gasteiger partial charge in [-0.25, -0.2) is 8.78 Å². The zero-order chi connectivity index (χ0) is 15.2. The van der Waals surface area contributed by atoms with Crippen LogP contribution < -0.4 is 5.32 Å². The van der Waals surface area contributed by atoms with E-state index in [9.17, 15) is 8.78 Å². The van der Waals surface area contributed by atoms with Crippen molar-refractivity contribution in [1.82, 2.24) is 5.32 Å². The number of hydrogen-bond acceptors (Lipinski definition) is 1. The van der Waals surface area contributed by atoms with Crippen molar-refractivity contribution in [1.29, 1.82) is 0 Å². The fourth-order valence-electron chi connectivity index (χ4n) is 2.26. The second kappa shape index (κ2) is 7.66. The van der Waals surface area contributed by atoms with Crippen LogP contribution in [0.5, 0.6) is 0 Å². The number of hydrogen-bond donors (Lipinski definition) is 1. The van der Waals surface area contributed by atoms with E-state index in [0.717, 1.165) is 29.1 Å². The van der Waals surface area contributed by atoms with Gasteiger partial charge in [-0.05, 0) is 43.1 Å². The quantitative estimate of drug-likeness (QED) is 0.769. The number of halogens is 3. The monoisotopic (exact) mass is 353 g/mol. The van der Waals surface area contributed by atoms with E-state index in [-0.39, 0.29) is 6.04 Å². The van der Waals surface area contributed by atoms with Gasteiger partial charge in [0.15, 0.2) is 11.6 Å². The fraction of sp³-hybridized carbons (Fsp3) is 0.294. The highest BCUT2D eigenvalue weighted by molar-refractivity contribution is 9.10. The molecular weight excluding hydrogens is 336 g/mol. The zero-order valence-electron chi connectivity index (χ0n) is 11.9. The molecule has 0 fully saturated rings. The Morgan fingerprint density at radius 2 is 1.81 bits per heavy atom. The van der Waals surface area contributed by atoms with Crippen LogP contribution >= 0.6 is 15.9 Å². The Morgan fingerprint density at radius 1 is 1.10 bits per heavy atom. The first-order chi connectivity index (χ1) is 10.1. The van der Waals surface area contributed by atoms with Gasteiger partial charge in [0.2, 0.25) is 0 Å². The second-order valence-electron chi connectivity index (χ2n) is 4.98. The average molecular weight is 354 g/mol. The van der Waals surface area contributed by atoms with E-state index in [0.29, 0.717) is 12.0 Å². The van der Waals surface area contributed by atoms with E-state index >= 15 is 0 Å². The van der Waals surface area contributed by atoms with Crippen LogP contribution in [0.1, 0.15) is 30.5 Å². The molecule has 1 unspecified atom stereocenters. The largest absolute Gasteiger partial charge is 0.310 e. The molecule has 4 heteroatoms. The molecule has 0 aliphatic heterocycles. The van der Waals surface area contributed by atoms with Crippen molar-refractivity contribution in [2.45, 2.75) is 25.8 Å². The molecule has 0 heterocycles. The maximum atomic E-state index is 14.0. The SMILES string of the molecule is CCCNC(Cc1ccc(Br)cc1)c1cccc(F)c1F. The minimum atomic E-state index is -0.799. The summed E-state index contributed by atoms with van der Waals surface area (Å²) in [5, 5.41) is 3.30. The maximum Gasteiger partial charge on any atom is 0.163 e. The minimum absolute atomic E-state index is 0.234. The molecule has 0 aromatic heterocycles. The predicted molar refractivity (Wildman–Crippen MR) is 85.2 cm³/mol. The van der Waals surface area contributed by atoms with E-state index in [1.54, 1.807) is 12.1 Å². The molecule has 0 aliphatic carbocycles. The lowest BCUT2D eigenvalue weighted by Crippen LogP contribution is -2.25. The van der Waals surface area contributed by atoms with Crippen LogP contribution in [0.25, 0.3) is 0 Å². The Labute approximate surface area is 132 Å². The Balaban J connectivity index is 2.25. The first-order valence-corrected chi connectivity index (χ1v) is 7.83. The zero-order valence-corrected chi connectivity index (χ0v) is 13.5. The van der Waals surface area contributed by atoms with Gasteiger partial charge in [-0.3, -0.25) is 0 Å². The Morgan fingerprint density at radius 3 is 2.48 bits per heavy atom. The highest BCUT2D eigenvalue weighted by Crippen LogP contribution is 2.24. The average Bonchev–Trinajstić information content (AvgIpc) is 2.48. The van der Waals surface area contributed by atoms with Gasteiger partial charge in [-0.15, -0.1) is 0 Å². The molecule has 2 aromatic rings. The molecule has 0 radical (unpaired) electrons. The molecule has 21 heavy (non-hydrogen) atoms. The Kier molecular flexibility index (Phi) is 5.88. The summed E-state index contributed by atoms with van der Waals surface area (Å²) >= 11 is 3.39. The Bertz CT molecular complexity index is 584. The van der Waals surface area contributed by atoms with Gasteiger partial charge >= 0.3 is 0 Å². The van der Waals surface area contributed by atoms with Gasteiger partial charge in [0.25, 0.3) is 0 Å². The summed E-state index contributed by atoms with van der Waals surface area (Å²) in [7, 11) is 0. The number of benzene rings is 2. The first-order valence-electron chi connectivity index (χ1n) is 7.03. The summed E-state index contributed by atoms with van der Waals surface area (Å²) in [6, 6.07) is 12.0. The molecule has 0 bridgehead atoms. The van der Waals surface area contributed by atoms with E-state index in [4.69, 9.17) is 0 Å². The summed E-state index contributed by atoms with van der Waals surface area (Å²) in [6.07, 6.45) is 1.56. The first kappa shape index (κ1) is 16.1. The van der Waals surface area contributed by atoms with E-state index < -0.39 is 11.6 Å². The summed E-state index contributed by atoms with van der Waals surface area (Å²) in [4.78, 5) is 0. The lowest BCUT2D eigenvalue weighted by Gasteiger charge is -2.20. The van der Waals surface area contributed by atoms with Crippen LogP contribution in [-0.2, 0) is 6.42 Å². The van der Waals surface area contributed by atoms with Crippen molar-refractivity contribution in [3.8, 4) is 0 Å². The van der Waals surface area contributed by atoms with Crippen molar-refractivity contribution < 1.29 is 8.78 Å². The molecule has 0 spiro atoms. The highest BCUT2D eigenvalue weighted by atomic mass is 79.9. The van der Waals surface area contributed by atoms with Crippen molar-refractivity contribution in [2.75, 3.05) is 6.54 Å². The number of nitrogens with one attached hydrogen (secondary N) is 1. The summed E-state index contributed by atoms with van der Waals surface area (Å²) in [6.45, 7) is 2.81. The topological polar surface area (TPSA) is 12.0 Å². The third kappa shape index (κ3) is 4.35. The van der Waals surface area contributed by atoms with E-state index in [1.807, 2.05) is 31.2 Å². The van der Waals surface area contributed by atoms with Crippen LogP contribution in [0.4, 0.5) is 8.78 Å². The number of rotatable bonds is 6. The van der Waals surface area contributed by atoms with Crippen molar-refractivity contribution in [2.24, 2.45) is 0 Å². The van der Waals surface area contributed by atoms with Crippen LogP contribution in [0.3, 0.4) is 0 Å². The van der Waals surface area contributed by atoms with Gasteiger partial charge in [0.1, 0.15) is 0 Å². The molecule has 1 atom stereocenters.